The molecule has 0 bridgehead atoms. The molecule has 1 atom stereocenters. The molecule has 0 heterocycles. The third-order valence-corrected chi connectivity index (χ3v) is 5.57. The number of hydrogen-bond acceptors (Lipinski definition) is 3. The van der Waals surface area contributed by atoms with Crippen LogP contribution in [-0.4, -0.2) is 40.0 Å². The number of benzene rings is 2. The van der Waals surface area contributed by atoms with Gasteiger partial charge >= 0.3 is 148 Å². The molecule has 2 aromatic carbocycles. The summed E-state index contributed by atoms with van der Waals surface area (Å²) in [7, 11) is 1.34. The van der Waals surface area contributed by atoms with Crippen LogP contribution in [0.15, 0.2) is 60.7 Å². The maximum atomic E-state index is 12.1. The number of methoxy groups -OCH3 is 1. The van der Waals surface area contributed by atoms with E-state index >= 15 is 0 Å². The first-order valence-corrected chi connectivity index (χ1v) is 9.85. The predicted octanol–water partition coefficient (Wildman–Crippen LogP) is 1.72. The Labute approximate surface area is 148 Å². The van der Waals surface area contributed by atoms with Crippen molar-refractivity contribution in [2.75, 3.05) is 7.11 Å². The Bertz CT molecular complexity index is 646. The van der Waals surface area contributed by atoms with E-state index in [-0.39, 0.29) is 20.9 Å². The number of amides is 1. The first-order chi connectivity index (χ1) is 11.7. The molecule has 126 valence electrons. The summed E-state index contributed by atoms with van der Waals surface area (Å²) in [4.78, 5) is 24.1. The van der Waals surface area contributed by atoms with Crippen LogP contribution in [0.5, 0.6) is 0 Å². The van der Waals surface area contributed by atoms with Crippen molar-refractivity contribution in [3.8, 4) is 0 Å². The van der Waals surface area contributed by atoms with Crippen LogP contribution in [0.4, 0.5) is 0 Å². The van der Waals surface area contributed by atoms with E-state index in [0.717, 1.165) is 10.9 Å². The van der Waals surface area contributed by atoms with Gasteiger partial charge < -0.3 is 0 Å². The monoisotopic (exact) mass is 391 g/mol. The summed E-state index contributed by atoms with van der Waals surface area (Å²) in [5.74, 6) is -0.528. The van der Waals surface area contributed by atoms with Gasteiger partial charge in [-0.1, -0.05) is 0 Å². The van der Waals surface area contributed by atoms with Gasteiger partial charge in [-0.3, -0.25) is 0 Å². The second kappa shape index (κ2) is 9.91. The summed E-state index contributed by atoms with van der Waals surface area (Å²) >= 11 is 0.263. The zero-order valence-electron chi connectivity index (χ0n) is 13.6. The van der Waals surface area contributed by atoms with Gasteiger partial charge in [-0.2, -0.15) is 0 Å². The molecule has 2 rings (SSSR count). The molecular weight excluding hydrogens is 369 g/mol. The molecule has 0 saturated carbocycles. The first-order valence-electron chi connectivity index (χ1n) is 7.78. The molecule has 2 aromatic rings. The predicted molar refractivity (Wildman–Crippen MR) is 95.3 cm³/mol. The van der Waals surface area contributed by atoms with Gasteiger partial charge in [-0.15, -0.1) is 0 Å². The Morgan fingerprint density at radius 3 is 2.29 bits per heavy atom. The van der Waals surface area contributed by atoms with Crippen molar-refractivity contribution >= 4 is 31.3 Å². The van der Waals surface area contributed by atoms with Crippen LogP contribution in [0.2, 0.25) is 5.32 Å². The van der Waals surface area contributed by atoms with Gasteiger partial charge in [0.2, 0.25) is 0 Å². The van der Waals surface area contributed by atoms with Crippen LogP contribution < -0.4 is 9.78 Å². The Balaban J connectivity index is 1.84. The zero-order chi connectivity index (χ0) is 17.2. The van der Waals surface area contributed by atoms with E-state index < -0.39 is 12.0 Å². The van der Waals surface area contributed by atoms with E-state index in [1.54, 1.807) is 0 Å². The molecule has 0 fully saturated rings. The Kier molecular flexibility index (Phi) is 7.53. The summed E-state index contributed by atoms with van der Waals surface area (Å²) < 4.78 is 6.08. The Morgan fingerprint density at radius 2 is 1.67 bits per heavy atom. The molecule has 5 heteroatoms. The fourth-order valence-electron chi connectivity index (χ4n) is 2.23. The molecule has 1 N–H and O–H groups in total. The molecule has 0 unspecified atom stereocenters. The van der Waals surface area contributed by atoms with Crippen molar-refractivity contribution in [1.82, 2.24) is 5.32 Å². The van der Waals surface area contributed by atoms with E-state index in [2.05, 4.69) is 17.4 Å². The van der Waals surface area contributed by atoms with Crippen LogP contribution in [0.3, 0.4) is 0 Å². The average Bonchev–Trinajstić information content (AvgIpc) is 2.62. The topological polar surface area (TPSA) is 55.4 Å². The van der Waals surface area contributed by atoms with E-state index in [1.807, 2.05) is 48.5 Å². The zero-order valence-corrected chi connectivity index (χ0v) is 15.3. The second-order valence-electron chi connectivity index (χ2n) is 5.24. The van der Waals surface area contributed by atoms with Gasteiger partial charge in [0, 0.05) is 0 Å². The normalized spacial score (nSPS) is 11.5. The molecule has 0 saturated heterocycles. The number of carbonyl (C=O) groups excluding carboxylic acids is 2. The van der Waals surface area contributed by atoms with Gasteiger partial charge in [0.25, 0.3) is 0 Å². The van der Waals surface area contributed by atoms with Gasteiger partial charge in [0.1, 0.15) is 0 Å². The number of rotatable bonds is 8. The van der Waals surface area contributed by atoms with Crippen LogP contribution in [0, 0.1) is 0 Å². The molecule has 1 amide bonds. The summed E-state index contributed by atoms with van der Waals surface area (Å²) in [5.41, 5.74) is 0.988. The summed E-state index contributed by atoms with van der Waals surface area (Å²) in [5, 5.41) is 3.61. The second-order valence-corrected chi connectivity index (χ2v) is 7.70. The van der Waals surface area contributed by atoms with Crippen LogP contribution in [0.1, 0.15) is 12.0 Å². The fraction of sp³-hybridized carbons (Fsp3) is 0.263. The van der Waals surface area contributed by atoms with Crippen molar-refractivity contribution < 1.29 is 14.3 Å². The average molecular weight is 390 g/mol. The Hall–Kier alpha value is -2.10. The molecular formula is C19H21NO3Se. The van der Waals surface area contributed by atoms with Crippen molar-refractivity contribution in [2.24, 2.45) is 0 Å². The van der Waals surface area contributed by atoms with Gasteiger partial charge in [-0.05, 0) is 0 Å². The van der Waals surface area contributed by atoms with E-state index in [1.165, 1.54) is 11.6 Å². The standard InChI is InChI=1S/C19H21NO3Se/c1-23-19(22)17(14-15-8-4-2-5-9-15)20-18(21)12-13-24-16-10-6-3-7-11-16/h2-11,17H,12-14H2,1H3,(H,20,21)/t17-/m0/s1. The van der Waals surface area contributed by atoms with Crippen molar-refractivity contribution in [1.29, 1.82) is 0 Å². The molecule has 0 aliphatic heterocycles. The Morgan fingerprint density at radius 1 is 1.04 bits per heavy atom. The first kappa shape index (κ1) is 18.2. The maximum absolute atomic E-state index is 12.1. The van der Waals surface area contributed by atoms with Crippen molar-refractivity contribution in [2.45, 2.75) is 24.2 Å². The number of carbonyl (C=O) groups is 2. The SMILES string of the molecule is COC(=O)[C@H](Cc1ccccc1)NC(=O)CC[Se]c1ccccc1. The molecule has 4 nitrogen and oxygen atoms in total. The van der Waals surface area contributed by atoms with Crippen LogP contribution in [0.25, 0.3) is 0 Å². The third kappa shape index (κ3) is 6.19. The van der Waals surface area contributed by atoms with E-state index in [0.29, 0.717) is 12.8 Å². The summed E-state index contributed by atoms with van der Waals surface area (Å²) in [6.45, 7) is 0. The van der Waals surface area contributed by atoms with Crippen LogP contribution in [-0.2, 0) is 20.7 Å². The molecule has 0 radical (unpaired) electrons. The minimum absolute atomic E-state index is 0.112. The third-order valence-electron chi connectivity index (χ3n) is 3.44. The van der Waals surface area contributed by atoms with Gasteiger partial charge in [0.15, 0.2) is 0 Å². The number of ether oxygens (including phenoxy) is 1. The minimum atomic E-state index is -0.644. The number of hydrogen-bond donors (Lipinski definition) is 1. The van der Waals surface area contributed by atoms with Gasteiger partial charge in [0.05, 0.1) is 0 Å². The molecule has 24 heavy (non-hydrogen) atoms. The quantitative estimate of drug-likeness (QED) is 0.552. The number of esters is 1. The molecule has 0 spiro atoms. The van der Waals surface area contributed by atoms with Crippen molar-refractivity contribution in [3.05, 3.63) is 66.2 Å². The molecule has 0 aliphatic carbocycles. The van der Waals surface area contributed by atoms with Crippen LogP contribution >= 0.6 is 0 Å². The van der Waals surface area contributed by atoms with Gasteiger partial charge in [-0.25, -0.2) is 0 Å². The molecule has 0 aromatic heterocycles. The fourth-order valence-corrected chi connectivity index (χ4v) is 4.06. The summed E-state index contributed by atoms with van der Waals surface area (Å²) in [6, 6.07) is 19.1. The van der Waals surface area contributed by atoms with E-state index in [9.17, 15) is 9.59 Å². The molecule has 0 aliphatic rings. The van der Waals surface area contributed by atoms with Crippen molar-refractivity contribution in [3.63, 3.8) is 0 Å². The summed E-state index contributed by atoms with van der Waals surface area (Å²) in [6.07, 6.45) is 0.847. The number of nitrogens with one attached hydrogen (secondary N) is 1. The van der Waals surface area contributed by atoms with E-state index in [4.69, 9.17) is 4.74 Å².